The molecule has 0 bridgehead atoms. The second-order valence-electron chi connectivity index (χ2n) is 5.13. The monoisotopic (exact) mass is 453 g/mol. The van der Waals surface area contributed by atoms with E-state index in [0.717, 1.165) is 22.8 Å². The lowest BCUT2D eigenvalue weighted by Gasteiger charge is -2.10. The highest BCUT2D eigenvalue weighted by Gasteiger charge is 2.07. The average molecular weight is 453 g/mol. The summed E-state index contributed by atoms with van der Waals surface area (Å²) in [4.78, 5) is 8.33. The van der Waals surface area contributed by atoms with Crippen molar-refractivity contribution in [2.24, 2.45) is 12.0 Å². The Morgan fingerprint density at radius 3 is 2.64 bits per heavy atom. The van der Waals surface area contributed by atoms with Gasteiger partial charge in [-0.25, -0.2) is 4.98 Å². The van der Waals surface area contributed by atoms with Gasteiger partial charge < -0.3 is 15.2 Å². The van der Waals surface area contributed by atoms with Gasteiger partial charge in [-0.1, -0.05) is 35.5 Å². The smallest absolute Gasteiger partial charge is 0.191 e. The predicted molar refractivity (Wildman–Crippen MR) is 105 cm³/mol. The maximum Gasteiger partial charge on any atom is 0.191 e. The first-order valence-electron chi connectivity index (χ1n) is 7.54. The number of aryl methyl sites for hydroxylation is 1. The Balaban J connectivity index is 0.00000225. The molecule has 0 radical (unpaired) electrons. The molecule has 2 heterocycles. The van der Waals surface area contributed by atoms with Crippen molar-refractivity contribution in [3.8, 4) is 11.3 Å². The highest BCUT2D eigenvalue weighted by atomic mass is 127. The lowest BCUT2D eigenvalue weighted by atomic mass is 10.2. The molecule has 2 N–H and O–H groups in total. The van der Waals surface area contributed by atoms with Crippen LogP contribution >= 0.6 is 24.0 Å². The largest absolute Gasteiger partial charge is 0.356 e. The lowest BCUT2D eigenvalue weighted by Crippen LogP contribution is -2.37. The summed E-state index contributed by atoms with van der Waals surface area (Å²) in [6, 6.07) is 11.8. The molecule has 9 heteroatoms. The van der Waals surface area contributed by atoms with Crippen molar-refractivity contribution in [2.45, 2.75) is 13.1 Å². The quantitative estimate of drug-likeness (QED) is 0.349. The Morgan fingerprint density at radius 2 is 1.96 bits per heavy atom. The number of guanidine groups is 1. The summed E-state index contributed by atoms with van der Waals surface area (Å²) >= 11 is 0. The molecule has 132 valence electrons. The highest BCUT2D eigenvalue weighted by molar-refractivity contribution is 14.0. The van der Waals surface area contributed by atoms with Gasteiger partial charge in [0.15, 0.2) is 11.7 Å². The van der Waals surface area contributed by atoms with E-state index >= 15 is 0 Å². The van der Waals surface area contributed by atoms with Gasteiger partial charge in [0.25, 0.3) is 0 Å². The van der Waals surface area contributed by atoms with Gasteiger partial charge in [-0.2, -0.15) is 5.10 Å². The van der Waals surface area contributed by atoms with Crippen molar-refractivity contribution in [3.63, 3.8) is 0 Å². The molecular formula is C16H20IN7O. The van der Waals surface area contributed by atoms with Crippen molar-refractivity contribution in [1.29, 1.82) is 0 Å². The average Bonchev–Trinajstić information content (AvgIpc) is 3.25. The fraction of sp³-hybridized carbons (Fsp3) is 0.250. The van der Waals surface area contributed by atoms with Crippen LogP contribution in [0.25, 0.3) is 11.3 Å². The van der Waals surface area contributed by atoms with Gasteiger partial charge in [0, 0.05) is 25.7 Å². The summed E-state index contributed by atoms with van der Waals surface area (Å²) in [6.07, 6.45) is 1.52. The van der Waals surface area contributed by atoms with Crippen LogP contribution in [0.4, 0.5) is 0 Å². The molecule has 0 atom stereocenters. The molecule has 0 saturated carbocycles. The van der Waals surface area contributed by atoms with Crippen molar-refractivity contribution >= 4 is 29.9 Å². The van der Waals surface area contributed by atoms with Gasteiger partial charge in [0.05, 0.1) is 13.1 Å². The Labute approximate surface area is 162 Å². The number of hydrogen-bond acceptors (Lipinski definition) is 5. The zero-order valence-corrected chi connectivity index (χ0v) is 16.3. The fourth-order valence-corrected chi connectivity index (χ4v) is 2.17. The third-order valence-corrected chi connectivity index (χ3v) is 3.50. The normalized spacial score (nSPS) is 11.0. The Bertz CT molecular complexity index is 813. The van der Waals surface area contributed by atoms with Crippen molar-refractivity contribution in [3.05, 3.63) is 54.2 Å². The van der Waals surface area contributed by atoms with Gasteiger partial charge in [0.2, 0.25) is 0 Å². The van der Waals surface area contributed by atoms with Crippen molar-refractivity contribution in [1.82, 2.24) is 30.6 Å². The van der Waals surface area contributed by atoms with E-state index in [-0.39, 0.29) is 24.0 Å². The van der Waals surface area contributed by atoms with Crippen LogP contribution in [-0.2, 0) is 20.1 Å². The number of rotatable bonds is 5. The minimum Gasteiger partial charge on any atom is -0.356 e. The minimum atomic E-state index is 0. The topological polar surface area (TPSA) is 93.2 Å². The molecule has 25 heavy (non-hydrogen) atoms. The van der Waals surface area contributed by atoms with Gasteiger partial charge in [-0.3, -0.25) is 9.67 Å². The van der Waals surface area contributed by atoms with E-state index in [0.29, 0.717) is 19.0 Å². The molecule has 0 saturated heterocycles. The molecule has 0 aliphatic rings. The van der Waals surface area contributed by atoms with Crippen LogP contribution in [0.5, 0.6) is 0 Å². The molecule has 0 unspecified atom stereocenters. The van der Waals surface area contributed by atoms with E-state index in [2.05, 4.69) is 30.9 Å². The molecule has 0 spiro atoms. The SMILES string of the molecule is CN=C(NCc1cc(-c2ccccc2)on1)NCc1ncnn1C.I. The number of aromatic nitrogens is 4. The van der Waals surface area contributed by atoms with Gasteiger partial charge in [-0.15, -0.1) is 24.0 Å². The number of nitrogens with one attached hydrogen (secondary N) is 2. The van der Waals surface area contributed by atoms with Crippen LogP contribution in [0.3, 0.4) is 0 Å². The Hall–Kier alpha value is -2.43. The van der Waals surface area contributed by atoms with Crippen molar-refractivity contribution in [2.75, 3.05) is 7.05 Å². The molecule has 8 nitrogen and oxygen atoms in total. The molecule has 0 aliphatic heterocycles. The fourth-order valence-electron chi connectivity index (χ4n) is 2.17. The first kappa shape index (κ1) is 18.9. The van der Waals surface area contributed by atoms with Crippen LogP contribution in [0.1, 0.15) is 11.5 Å². The van der Waals surface area contributed by atoms with Crippen LogP contribution in [-0.4, -0.2) is 32.9 Å². The van der Waals surface area contributed by atoms with Gasteiger partial charge in [0.1, 0.15) is 17.8 Å². The second-order valence-corrected chi connectivity index (χ2v) is 5.13. The zero-order chi connectivity index (χ0) is 16.8. The number of hydrogen-bond donors (Lipinski definition) is 2. The standard InChI is InChI=1S/C16H19N7O.HI/c1-17-16(19-10-15-20-11-21-23(15)2)18-9-13-8-14(24-22-13)12-6-4-3-5-7-12;/h3-8,11H,9-10H2,1-2H3,(H2,17,18,19);1H. The maximum absolute atomic E-state index is 5.38. The Kier molecular flexibility index (Phi) is 6.92. The van der Waals surface area contributed by atoms with E-state index < -0.39 is 0 Å². The van der Waals surface area contributed by atoms with E-state index in [1.807, 2.05) is 43.4 Å². The first-order valence-corrected chi connectivity index (χ1v) is 7.54. The van der Waals surface area contributed by atoms with E-state index in [1.54, 1.807) is 11.7 Å². The molecule has 0 fully saturated rings. The maximum atomic E-state index is 5.38. The van der Waals surface area contributed by atoms with E-state index in [4.69, 9.17) is 4.52 Å². The van der Waals surface area contributed by atoms with Crippen molar-refractivity contribution < 1.29 is 4.52 Å². The van der Waals surface area contributed by atoms with Gasteiger partial charge >= 0.3 is 0 Å². The highest BCUT2D eigenvalue weighted by Crippen LogP contribution is 2.19. The third kappa shape index (κ3) is 5.02. The molecule has 3 rings (SSSR count). The minimum absolute atomic E-state index is 0. The zero-order valence-electron chi connectivity index (χ0n) is 14.0. The molecule has 3 aromatic rings. The number of aliphatic imine (C=N–C) groups is 1. The molecule has 0 amide bonds. The predicted octanol–water partition coefficient (Wildman–Crippen LogP) is 1.95. The number of halogens is 1. The summed E-state index contributed by atoms with van der Waals surface area (Å²) in [6.45, 7) is 1.04. The number of benzene rings is 1. The van der Waals surface area contributed by atoms with E-state index in [1.165, 1.54) is 6.33 Å². The van der Waals surface area contributed by atoms with E-state index in [9.17, 15) is 0 Å². The molecule has 2 aromatic heterocycles. The summed E-state index contributed by atoms with van der Waals surface area (Å²) in [5, 5.41) is 14.5. The van der Waals surface area contributed by atoms with Gasteiger partial charge in [-0.05, 0) is 0 Å². The van der Waals surface area contributed by atoms with Crippen LogP contribution in [0.2, 0.25) is 0 Å². The summed E-state index contributed by atoms with van der Waals surface area (Å²) in [5.41, 5.74) is 1.80. The molecular weight excluding hydrogens is 433 g/mol. The lowest BCUT2D eigenvalue weighted by molar-refractivity contribution is 0.422. The van der Waals surface area contributed by atoms with Crippen LogP contribution in [0.15, 0.2) is 52.2 Å². The molecule has 0 aliphatic carbocycles. The summed E-state index contributed by atoms with van der Waals surface area (Å²) in [7, 11) is 3.56. The summed E-state index contributed by atoms with van der Waals surface area (Å²) in [5.74, 6) is 2.22. The van der Waals surface area contributed by atoms with Crippen LogP contribution in [0, 0.1) is 0 Å². The second kappa shape index (κ2) is 9.16. The number of nitrogens with zero attached hydrogens (tertiary/aromatic N) is 5. The van der Waals surface area contributed by atoms with Crippen LogP contribution < -0.4 is 10.6 Å². The molecule has 1 aromatic carbocycles. The third-order valence-electron chi connectivity index (χ3n) is 3.50. The Morgan fingerprint density at radius 1 is 1.20 bits per heavy atom. The first-order chi connectivity index (χ1) is 11.8. The summed E-state index contributed by atoms with van der Waals surface area (Å²) < 4.78 is 7.09.